The summed E-state index contributed by atoms with van der Waals surface area (Å²) in [6.07, 6.45) is 4.32. The van der Waals surface area contributed by atoms with E-state index in [1.165, 1.54) is 12.4 Å². The molecule has 1 unspecified atom stereocenters. The number of likely N-dealkylation sites (tertiary alicyclic amines) is 1. The molecule has 0 bridgehead atoms. The Kier molecular flexibility index (Phi) is 3.95. The largest absolute Gasteiger partial charge is 0.368 e. The van der Waals surface area contributed by atoms with Crippen molar-refractivity contribution in [3.63, 3.8) is 0 Å². The van der Waals surface area contributed by atoms with Crippen LogP contribution >= 0.6 is 11.6 Å². The number of nitrogens with two attached hydrogens (primary N) is 1. The standard InChI is InChI=1S/C17H22ClN5O2/c1-10(23-5-3-4-14(23)15(19)24)17(25)21-8-11-6-12-13(18)9-22(2)16(12)20-7-11/h6-7,9-10,14H,3-5,8H2,1-2H3,(H2,19,24)(H,21,25)/t10-,14?/m0/s1/i2D3. The molecule has 1 saturated heterocycles. The van der Waals surface area contributed by atoms with Crippen molar-refractivity contribution in [2.45, 2.75) is 38.4 Å². The van der Waals surface area contributed by atoms with Gasteiger partial charge in [-0.25, -0.2) is 4.98 Å². The number of pyridine rings is 1. The predicted octanol–water partition coefficient (Wildman–Crippen LogP) is 1.18. The highest BCUT2D eigenvalue weighted by molar-refractivity contribution is 6.35. The van der Waals surface area contributed by atoms with Crippen LogP contribution in [-0.2, 0) is 23.1 Å². The number of aryl methyl sites for hydroxylation is 1. The first-order chi connectivity index (χ1) is 13.1. The summed E-state index contributed by atoms with van der Waals surface area (Å²) in [6, 6.07) is 0.800. The highest BCUT2D eigenvalue weighted by Gasteiger charge is 2.35. The Hall–Kier alpha value is -2.12. The normalized spacial score (nSPS) is 21.5. The Balaban J connectivity index is 1.70. The third kappa shape index (κ3) is 3.48. The number of nitrogens with one attached hydrogen (secondary N) is 1. The number of hydrogen-bond acceptors (Lipinski definition) is 4. The lowest BCUT2D eigenvalue weighted by Crippen LogP contribution is -2.50. The molecule has 7 nitrogen and oxygen atoms in total. The lowest BCUT2D eigenvalue weighted by molar-refractivity contribution is -0.129. The Bertz CT molecular complexity index is 914. The second kappa shape index (κ2) is 7.01. The van der Waals surface area contributed by atoms with Crippen LogP contribution < -0.4 is 11.1 Å². The Morgan fingerprint density at radius 3 is 3.12 bits per heavy atom. The number of fused-ring (bicyclic) bond motifs is 1. The summed E-state index contributed by atoms with van der Waals surface area (Å²) in [6.45, 7) is 0.214. The van der Waals surface area contributed by atoms with Gasteiger partial charge in [0.25, 0.3) is 0 Å². The summed E-state index contributed by atoms with van der Waals surface area (Å²) in [5.74, 6) is -0.639. The van der Waals surface area contributed by atoms with Crippen LogP contribution in [0.3, 0.4) is 0 Å². The van der Waals surface area contributed by atoms with Gasteiger partial charge in [-0.05, 0) is 37.9 Å². The van der Waals surface area contributed by atoms with Crippen molar-refractivity contribution in [3.05, 3.63) is 29.0 Å². The van der Waals surface area contributed by atoms with E-state index in [1.54, 1.807) is 13.0 Å². The summed E-state index contributed by atoms with van der Waals surface area (Å²) in [7, 11) is 0. The van der Waals surface area contributed by atoms with Crippen LogP contribution in [0.15, 0.2) is 18.5 Å². The Morgan fingerprint density at radius 2 is 2.40 bits per heavy atom. The molecule has 3 heterocycles. The van der Waals surface area contributed by atoms with Crippen molar-refractivity contribution in [1.82, 2.24) is 19.8 Å². The van der Waals surface area contributed by atoms with Gasteiger partial charge in [-0.3, -0.25) is 14.5 Å². The van der Waals surface area contributed by atoms with E-state index in [2.05, 4.69) is 10.3 Å². The third-order valence-corrected chi connectivity index (χ3v) is 4.92. The van der Waals surface area contributed by atoms with Gasteiger partial charge >= 0.3 is 0 Å². The zero-order valence-corrected chi connectivity index (χ0v) is 14.6. The molecule has 1 aliphatic rings. The number of nitrogens with zero attached hydrogens (tertiary/aromatic N) is 3. The maximum Gasteiger partial charge on any atom is 0.237 e. The monoisotopic (exact) mass is 366 g/mol. The Morgan fingerprint density at radius 1 is 1.60 bits per heavy atom. The van der Waals surface area contributed by atoms with Gasteiger partial charge in [-0.1, -0.05) is 11.6 Å². The molecule has 25 heavy (non-hydrogen) atoms. The molecular weight excluding hydrogens is 342 g/mol. The smallest absolute Gasteiger partial charge is 0.237 e. The van der Waals surface area contributed by atoms with E-state index in [0.29, 0.717) is 23.9 Å². The topological polar surface area (TPSA) is 93.3 Å². The summed E-state index contributed by atoms with van der Waals surface area (Å²) in [4.78, 5) is 30.1. The van der Waals surface area contributed by atoms with Crippen molar-refractivity contribution in [3.8, 4) is 0 Å². The first kappa shape index (κ1) is 14.1. The predicted molar refractivity (Wildman–Crippen MR) is 96.0 cm³/mol. The van der Waals surface area contributed by atoms with E-state index in [9.17, 15) is 9.59 Å². The van der Waals surface area contributed by atoms with Crippen molar-refractivity contribution in [2.24, 2.45) is 12.7 Å². The minimum Gasteiger partial charge on any atom is -0.368 e. The minimum atomic E-state index is -2.38. The average molecular weight is 367 g/mol. The summed E-state index contributed by atoms with van der Waals surface area (Å²) in [5.41, 5.74) is 6.36. The molecule has 2 atom stereocenters. The van der Waals surface area contributed by atoms with Gasteiger partial charge in [0.05, 0.1) is 17.1 Å². The fourth-order valence-electron chi connectivity index (χ4n) is 3.25. The zero-order valence-electron chi connectivity index (χ0n) is 16.8. The zero-order chi connectivity index (χ0) is 20.6. The van der Waals surface area contributed by atoms with Gasteiger partial charge in [0.2, 0.25) is 11.8 Å². The molecule has 0 radical (unpaired) electrons. The second-order valence-electron chi connectivity index (χ2n) is 6.25. The highest BCUT2D eigenvalue weighted by Crippen LogP contribution is 2.24. The van der Waals surface area contributed by atoms with Crippen molar-refractivity contribution in [2.75, 3.05) is 6.54 Å². The van der Waals surface area contributed by atoms with Crippen molar-refractivity contribution >= 4 is 34.4 Å². The summed E-state index contributed by atoms with van der Waals surface area (Å²) < 4.78 is 23.7. The molecule has 2 aromatic rings. The van der Waals surface area contributed by atoms with Gasteiger partial charge in [0, 0.05) is 35.4 Å². The van der Waals surface area contributed by atoms with Crippen LogP contribution in [-0.4, -0.2) is 44.9 Å². The molecule has 0 aromatic carbocycles. The molecule has 0 aliphatic carbocycles. The van der Waals surface area contributed by atoms with Crippen LogP contribution in [0.25, 0.3) is 11.0 Å². The molecular formula is C17H22ClN5O2. The molecule has 1 fully saturated rings. The minimum absolute atomic E-state index is 0.205. The van der Waals surface area contributed by atoms with E-state index in [1.807, 2.05) is 4.90 Å². The molecule has 1 aliphatic heterocycles. The number of hydrogen-bond donors (Lipinski definition) is 2. The maximum atomic E-state index is 12.5. The van der Waals surface area contributed by atoms with Crippen molar-refractivity contribution < 1.29 is 13.7 Å². The van der Waals surface area contributed by atoms with Gasteiger partial charge in [-0.15, -0.1) is 0 Å². The van der Waals surface area contributed by atoms with E-state index in [0.717, 1.165) is 11.0 Å². The average Bonchev–Trinajstić information content (AvgIpc) is 3.24. The molecule has 134 valence electrons. The number of halogens is 1. The van der Waals surface area contributed by atoms with E-state index in [4.69, 9.17) is 21.4 Å². The molecule has 2 aromatic heterocycles. The fourth-order valence-corrected chi connectivity index (χ4v) is 3.49. The lowest BCUT2D eigenvalue weighted by atomic mass is 10.1. The molecule has 0 saturated carbocycles. The number of carbonyl (C=O) groups excluding carboxylic acids is 2. The highest BCUT2D eigenvalue weighted by atomic mass is 35.5. The first-order valence-electron chi connectivity index (χ1n) is 9.58. The number of primary amides is 1. The number of amides is 2. The van der Waals surface area contributed by atoms with E-state index in [-0.39, 0.29) is 23.1 Å². The molecule has 0 spiro atoms. The van der Waals surface area contributed by atoms with E-state index < -0.39 is 25.0 Å². The quantitative estimate of drug-likeness (QED) is 0.831. The van der Waals surface area contributed by atoms with Gasteiger partial charge in [-0.2, -0.15) is 0 Å². The van der Waals surface area contributed by atoms with Gasteiger partial charge in [0.1, 0.15) is 5.65 Å². The molecule has 8 heteroatoms. The SMILES string of the molecule is [2H]C([2H])([2H])n1cc(Cl)c2cc(CNC(=O)[C@H](C)N3CCCC3C(N)=O)cnc21. The Labute approximate surface area is 155 Å². The van der Waals surface area contributed by atoms with Gasteiger partial charge in [0.15, 0.2) is 0 Å². The van der Waals surface area contributed by atoms with Crippen LogP contribution in [0.2, 0.25) is 5.02 Å². The van der Waals surface area contributed by atoms with Crippen LogP contribution in [0, 0.1) is 0 Å². The van der Waals surface area contributed by atoms with Gasteiger partial charge < -0.3 is 15.6 Å². The van der Waals surface area contributed by atoms with Crippen LogP contribution in [0.1, 0.15) is 29.4 Å². The third-order valence-electron chi connectivity index (χ3n) is 4.62. The summed E-state index contributed by atoms with van der Waals surface area (Å²) >= 11 is 6.15. The molecule has 3 rings (SSSR count). The number of aromatic nitrogens is 2. The molecule has 3 N–H and O–H groups in total. The van der Waals surface area contributed by atoms with Crippen LogP contribution in [0.5, 0.6) is 0 Å². The lowest BCUT2D eigenvalue weighted by Gasteiger charge is -2.27. The number of carbonyl (C=O) groups is 2. The fraction of sp³-hybridized carbons (Fsp3) is 0.471. The van der Waals surface area contributed by atoms with Crippen molar-refractivity contribution in [1.29, 1.82) is 0 Å². The number of rotatable bonds is 5. The first-order valence-corrected chi connectivity index (χ1v) is 8.46. The molecule has 2 amide bonds. The maximum absolute atomic E-state index is 12.5. The summed E-state index contributed by atoms with van der Waals surface area (Å²) in [5, 5.41) is 3.61. The van der Waals surface area contributed by atoms with Crippen LogP contribution in [0.4, 0.5) is 0 Å². The van der Waals surface area contributed by atoms with E-state index >= 15 is 0 Å². The second-order valence-corrected chi connectivity index (χ2v) is 6.66.